The molecule has 0 atom stereocenters. The zero-order valence-corrected chi connectivity index (χ0v) is 15.0. The Morgan fingerprint density at radius 2 is 2.21 bits per heavy atom. The maximum Gasteiger partial charge on any atom is 0.276 e. The fourth-order valence-electron chi connectivity index (χ4n) is 2.54. The number of thiocarbonyl (C=S) groups is 1. The molecule has 2 fully saturated rings. The number of nitrogens with zero attached hydrogens (tertiary/aromatic N) is 2. The molecule has 2 aromatic rings. The Balaban J connectivity index is 1.54. The lowest BCUT2D eigenvalue weighted by Gasteiger charge is -2.14. The van der Waals surface area contributed by atoms with Crippen molar-refractivity contribution in [2.75, 3.05) is 0 Å². The summed E-state index contributed by atoms with van der Waals surface area (Å²) in [6.45, 7) is 0.353. The number of amides is 1. The highest BCUT2D eigenvalue weighted by Gasteiger charge is 2.31. The van der Waals surface area contributed by atoms with Crippen molar-refractivity contribution < 1.29 is 4.79 Å². The molecule has 4 rings (SSSR count). The maximum absolute atomic E-state index is 12.6. The van der Waals surface area contributed by atoms with E-state index in [2.05, 4.69) is 10.3 Å². The highest BCUT2D eigenvalue weighted by Crippen LogP contribution is 2.41. The Labute approximate surface area is 154 Å². The molecule has 1 saturated carbocycles. The normalized spacial score (nSPS) is 19.2. The smallest absolute Gasteiger partial charge is 0.276 e. The fourth-order valence-corrected chi connectivity index (χ4v) is 3.95. The Morgan fingerprint density at radius 3 is 2.96 bits per heavy atom. The second kappa shape index (κ2) is 6.27. The Morgan fingerprint density at radius 1 is 1.42 bits per heavy atom. The van der Waals surface area contributed by atoms with Gasteiger partial charge in [0, 0.05) is 16.3 Å². The molecule has 2 heterocycles. The van der Waals surface area contributed by atoms with Crippen LogP contribution in [0.2, 0.25) is 5.02 Å². The summed E-state index contributed by atoms with van der Waals surface area (Å²) in [5, 5.41) is 7.14. The highest BCUT2D eigenvalue weighted by atomic mass is 35.5. The van der Waals surface area contributed by atoms with E-state index in [0.717, 1.165) is 16.3 Å². The van der Waals surface area contributed by atoms with Crippen molar-refractivity contribution >= 4 is 52.3 Å². The first-order chi connectivity index (χ1) is 11.6. The molecule has 24 heavy (non-hydrogen) atoms. The summed E-state index contributed by atoms with van der Waals surface area (Å²) in [6.07, 6.45) is 4.20. The van der Waals surface area contributed by atoms with Crippen molar-refractivity contribution in [2.24, 2.45) is 0 Å². The summed E-state index contributed by atoms with van der Waals surface area (Å²) in [7, 11) is 0. The first-order valence-electron chi connectivity index (χ1n) is 7.65. The van der Waals surface area contributed by atoms with E-state index in [4.69, 9.17) is 23.8 Å². The predicted octanol–water partition coefficient (Wildman–Crippen LogP) is 3.93. The van der Waals surface area contributed by atoms with E-state index >= 15 is 0 Å². The summed E-state index contributed by atoms with van der Waals surface area (Å²) in [4.78, 5) is 18.7. The molecule has 1 N–H and O–H groups in total. The van der Waals surface area contributed by atoms with Crippen molar-refractivity contribution in [1.82, 2.24) is 15.2 Å². The largest absolute Gasteiger partial charge is 0.328 e. The van der Waals surface area contributed by atoms with Crippen molar-refractivity contribution in [3.8, 4) is 0 Å². The molecule has 4 nitrogen and oxygen atoms in total. The standard InChI is InChI=1S/C17H14ClN3OS2/c18-13-4-2-1-3-11(13)8-21-16(22)14(20-17(21)23)7-12-9-24-15(19-12)10-5-6-10/h1-4,7,9-10H,5-6,8H2,(H,20,23)/b14-7-. The molecule has 0 spiro atoms. The molecule has 2 aliphatic rings. The van der Waals surface area contributed by atoms with E-state index < -0.39 is 0 Å². The van der Waals surface area contributed by atoms with Gasteiger partial charge in [-0.15, -0.1) is 11.3 Å². The van der Waals surface area contributed by atoms with Gasteiger partial charge in [0.25, 0.3) is 5.91 Å². The van der Waals surface area contributed by atoms with Gasteiger partial charge >= 0.3 is 0 Å². The Kier molecular flexibility index (Phi) is 4.12. The third kappa shape index (κ3) is 3.09. The average molecular weight is 376 g/mol. The molecule has 0 unspecified atom stereocenters. The predicted molar refractivity (Wildman–Crippen MR) is 99.8 cm³/mol. The molecule has 1 amide bonds. The molecular formula is C17H14ClN3OS2. The minimum absolute atomic E-state index is 0.152. The van der Waals surface area contributed by atoms with Crippen molar-refractivity contribution in [2.45, 2.75) is 25.3 Å². The van der Waals surface area contributed by atoms with Crippen LogP contribution in [-0.2, 0) is 11.3 Å². The molecule has 1 aromatic heterocycles. The molecule has 0 bridgehead atoms. The van der Waals surface area contributed by atoms with Crippen LogP contribution >= 0.6 is 35.2 Å². The van der Waals surface area contributed by atoms with Crippen LogP contribution in [0.4, 0.5) is 0 Å². The first kappa shape index (κ1) is 15.7. The van der Waals surface area contributed by atoms with Gasteiger partial charge in [0.15, 0.2) is 5.11 Å². The van der Waals surface area contributed by atoms with Gasteiger partial charge in [-0.25, -0.2) is 4.98 Å². The van der Waals surface area contributed by atoms with E-state index in [9.17, 15) is 4.79 Å². The maximum atomic E-state index is 12.6. The van der Waals surface area contributed by atoms with Crippen molar-refractivity contribution in [3.63, 3.8) is 0 Å². The van der Waals surface area contributed by atoms with Crippen LogP contribution in [0.5, 0.6) is 0 Å². The van der Waals surface area contributed by atoms with Crippen LogP contribution in [0.1, 0.15) is 35.0 Å². The number of nitrogens with one attached hydrogen (secondary N) is 1. The van der Waals surface area contributed by atoms with Crippen molar-refractivity contribution in [1.29, 1.82) is 0 Å². The van der Waals surface area contributed by atoms with Gasteiger partial charge in [0.2, 0.25) is 0 Å². The first-order valence-corrected chi connectivity index (χ1v) is 9.32. The van der Waals surface area contributed by atoms with Gasteiger partial charge in [-0.3, -0.25) is 9.69 Å². The third-order valence-corrected chi connectivity index (χ3v) is 5.72. The van der Waals surface area contributed by atoms with Gasteiger partial charge in [-0.2, -0.15) is 0 Å². The van der Waals surface area contributed by atoms with E-state index in [1.54, 1.807) is 23.5 Å². The Bertz CT molecular complexity index is 857. The van der Waals surface area contributed by atoms with Gasteiger partial charge in [-0.1, -0.05) is 29.8 Å². The monoisotopic (exact) mass is 375 g/mol. The van der Waals surface area contributed by atoms with Crippen LogP contribution in [0.3, 0.4) is 0 Å². The van der Waals surface area contributed by atoms with Crippen LogP contribution in [0, 0.1) is 0 Å². The van der Waals surface area contributed by atoms with E-state index in [-0.39, 0.29) is 5.91 Å². The third-order valence-electron chi connectivity index (χ3n) is 4.01. The van der Waals surface area contributed by atoms with Gasteiger partial charge in [0.05, 0.1) is 17.2 Å². The van der Waals surface area contributed by atoms with Crippen LogP contribution in [0.15, 0.2) is 35.3 Å². The number of hydrogen-bond donors (Lipinski definition) is 1. The molecule has 1 saturated heterocycles. The molecule has 122 valence electrons. The average Bonchev–Trinajstić information content (AvgIpc) is 3.26. The van der Waals surface area contributed by atoms with Gasteiger partial charge < -0.3 is 5.32 Å². The number of rotatable bonds is 4. The van der Waals surface area contributed by atoms with Gasteiger partial charge in [-0.05, 0) is 42.8 Å². The molecule has 1 aromatic carbocycles. The van der Waals surface area contributed by atoms with Crippen LogP contribution in [0.25, 0.3) is 6.08 Å². The zero-order chi connectivity index (χ0) is 16.7. The van der Waals surface area contributed by atoms with E-state index in [1.165, 1.54) is 17.7 Å². The van der Waals surface area contributed by atoms with Gasteiger partial charge in [0.1, 0.15) is 5.70 Å². The topological polar surface area (TPSA) is 45.2 Å². The second-order valence-electron chi connectivity index (χ2n) is 5.86. The number of carbonyl (C=O) groups excluding carboxylic acids is 1. The van der Waals surface area contributed by atoms with E-state index in [1.807, 2.05) is 23.6 Å². The van der Waals surface area contributed by atoms with Crippen LogP contribution < -0.4 is 5.32 Å². The molecule has 1 aliphatic carbocycles. The number of thiazole rings is 1. The summed E-state index contributed by atoms with van der Waals surface area (Å²) < 4.78 is 0. The zero-order valence-electron chi connectivity index (χ0n) is 12.7. The second-order valence-corrected chi connectivity index (χ2v) is 7.54. The number of benzene rings is 1. The molecular weight excluding hydrogens is 362 g/mol. The summed E-state index contributed by atoms with van der Waals surface area (Å²) in [5.74, 6) is 0.466. The quantitative estimate of drug-likeness (QED) is 0.649. The number of carbonyl (C=O) groups is 1. The lowest BCUT2D eigenvalue weighted by molar-refractivity contribution is -0.122. The number of aromatic nitrogens is 1. The number of halogens is 1. The highest BCUT2D eigenvalue weighted by molar-refractivity contribution is 7.80. The summed E-state index contributed by atoms with van der Waals surface area (Å²) in [6, 6.07) is 7.45. The Hall–Kier alpha value is -1.76. The lowest BCUT2D eigenvalue weighted by atomic mass is 10.2. The summed E-state index contributed by atoms with van der Waals surface area (Å²) >= 11 is 13.1. The molecule has 1 aliphatic heterocycles. The van der Waals surface area contributed by atoms with E-state index in [0.29, 0.717) is 28.3 Å². The van der Waals surface area contributed by atoms with Crippen LogP contribution in [-0.4, -0.2) is 20.9 Å². The summed E-state index contributed by atoms with van der Waals surface area (Å²) in [5.41, 5.74) is 2.13. The SMILES string of the molecule is O=C1/C(=C/c2csc(C3CC3)n2)NC(=S)N1Cc1ccccc1Cl. The molecule has 7 heteroatoms. The fraction of sp³-hybridized carbons (Fsp3) is 0.235. The minimum atomic E-state index is -0.152. The number of hydrogen-bond acceptors (Lipinski definition) is 4. The van der Waals surface area contributed by atoms with Crippen molar-refractivity contribution in [3.05, 3.63) is 56.6 Å². The minimum Gasteiger partial charge on any atom is -0.328 e. The molecule has 0 radical (unpaired) electrons. The lowest BCUT2D eigenvalue weighted by Crippen LogP contribution is -2.30.